The standard InChI is InChI=1S/C19H22N2O3S/c1-14-5-7-15(8-6-14)12-19(22)20-25(23,24)17-10-9-16-4-3-11-21(2)18(16)13-17/h5-10,13H,3-4,11-12H2,1-2H3,(H,20,22). The smallest absolute Gasteiger partial charge is 0.264 e. The highest BCUT2D eigenvalue weighted by molar-refractivity contribution is 7.90. The molecule has 6 heteroatoms. The molecule has 0 saturated carbocycles. The van der Waals surface area contributed by atoms with Crippen molar-refractivity contribution in [3.63, 3.8) is 0 Å². The molecule has 2 aromatic carbocycles. The number of hydrogen-bond donors (Lipinski definition) is 1. The Bertz CT molecular complexity index is 889. The fourth-order valence-electron chi connectivity index (χ4n) is 3.04. The normalized spacial score (nSPS) is 14.1. The molecule has 0 aliphatic carbocycles. The lowest BCUT2D eigenvalue weighted by Gasteiger charge is -2.27. The molecule has 0 atom stereocenters. The number of carbonyl (C=O) groups is 1. The van der Waals surface area contributed by atoms with Crippen molar-refractivity contribution < 1.29 is 13.2 Å². The van der Waals surface area contributed by atoms with Crippen LogP contribution in [-0.2, 0) is 27.7 Å². The molecule has 0 spiro atoms. The third-order valence-electron chi connectivity index (χ3n) is 4.45. The largest absolute Gasteiger partial charge is 0.374 e. The summed E-state index contributed by atoms with van der Waals surface area (Å²) < 4.78 is 27.2. The van der Waals surface area contributed by atoms with Crippen molar-refractivity contribution >= 4 is 21.6 Å². The first-order chi connectivity index (χ1) is 11.8. The van der Waals surface area contributed by atoms with Crippen molar-refractivity contribution in [3.8, 4) is 0 Å². The molecule has 3 rings (SSSR count). The summed E-state index contributed by atoms with van der Waals surface area (Å²) in [6.07, 6.45) is 2.03. The maximum absolute atomic E-state index is 12.5. The average Bonchev–Trinajstić information content (AvgIpc) is 2.56. The molecule has 1 aliphatic rings. The Morgan fingerprint density at radius 2 is 1.88 bits per heavy atom. The minimum absolute atomic E-state index is 0.0321. The average molecular weight is 358 g/mol. The summed E-state index contributed by atoms with van der Waals surface area (Å²) in [5.74, 6) is -0.532. The molecule has 1 N–H and O–H groups in total. The van der Waals surface area contributed by atoms with Crippen molar-refractivity contribution in [1.82, 2.24) is 4.72 Å². The zero-order valence-electron chi connectivity index (χ0n) is 14.5. The van der Waals surface area contributed by atoms with Crippen LogP contribution >= 0.6 is 0 Å². The number of aryl methyl sites for hydroxylation is 2. The van der Waals surface area contributed by atoms with Crippen LogP contribution < -0.4 is 9.62 Å². The first-order valence-corrected chi connectivity index (χ1v) is 9.79. The number of sulfonamides is 1. The number of carbonyl (C=O) groups excluding carboxylic acids is 1. The van der Waals surface area contributed by atoms with E-state index >= 15 is 0 Å². The Morgan fingerprint density at radius 1 is 1.16 bits per heavy atom. The van der Waals surface area contributed by atoms with E-state index in [2.05, 4.69) is 4.72 Å². The number of rotatable bonds is 4. The molecule has 2 aromatic rings. The van der Waals surface area contributed by atoms with Gasteiger partial charge in [0.25, 0.3) is 10.0 Å². The molecule has 0 aromatic heterocycles. The molecule has 132 valence electrons. The van der Waals surface area contributed by atoms with Crippen LogP contribution in [0.5, 0.6) is 0 Å². The molecule has 0 fully saturated rings. The van der Waals surface area contributed by atoms with Crippen molar-refractivity contribution in [3.05, 3.63) is 59.2 Å². The maximum atomic E-state index is 12.5. The lowest BCUT2D eigenvalue weighted by molar-refractivity contribution is -0.118. The minimum atomic E-state index is -3.87. The number of fused-ring (bicyclic) bond motifs is 1. The molecular formula is C19H22N2O3S. The maximum Gasteiger partial charge on any atom is 0.264 e. The number of nitrogens with one attached hydrogen (secondary N) is 1. The van der Waals surface area contributed by atoms with Gasteiger partial charge in [0.1, 0.15) is 0 Å². The van der Waals surface area contributed by atoms with Gasteiger partial charge >= 0.3 is 0 Å². The topological polar surface area (TPSA) is 66.5 Å². The Morgan fingerprint density at radius 3 is 2.60 bits per heavy atom. The quantitative estimate of drug-likeness (QED) is 0.912. The summed E-state index contributed by atoms with van der Waals surface area (Å²) in [5, 5.41) is 0. The Balaban J connectivity index is 1.76. The van der Waals surface area contributed by atoms with Crippen molar-refractivity contribution in [2.75, 3.05) is 18.5 Å². The van der Waals surface area contributed by atoms with Gasteiger partial charge in [-0.15, -0.1) is 0 Å². The van der Waals surface area contributed by atoms with Gasteiger partial charge in [-0.2, -0.15) is 0 Å². The molecule has 1 aliphatic heterocycles. The van der Waals surface area contributed by atoms with Gasteiger partial charge in [0.05, 0.1) is 11.3 Å². The molecule has 1 amide bonds. The molecule has 1 heterocycles. The summed E-state index contributed by atoms with van der Waals surface area (Å²) in [7, 11) is -1.92. The Hall–Kier alpha value is -2.34. The predicted octanol–water partition coefficient (Wildman–Crippen LogP) is 2.43. The third-order valence-corrected chi connectivity index (χ3v) is 5.82. The summed E-state index contributed by atoms with van der Waals surface area (Å²) in [4.78, 5) is 14.3. The number of amides is 1. The Kier molecular flexibility index (Phi) is 4.81. The molecule has 0 radical (unpaired) electrons. The zero-order chi connectivity index (χ0) is 18.0. The number of hydrogen-bond acceptors (Lipinski definition) is 4. The van der Waals surface area contributed by atoms with Crippen LogP contribution in [0.3, 0.4) is 0 Å². The SMILES string of the molecule is Cc1ccc(CC(=O)NS(=O)(=O)c2ccc3c(c2)N(C)CCC3)cc1. The molecule has 0 bridgehead atoms. The number of benzene rings is 2. The van der Waals surface area contributed by atoms with E-state index in [9.17, 15) is 13.2 Å². The fourth-order valence-corrected chi connectivity index (χ4v) is 4.04. The third kappa shape index (κ3) is 4.02. The van der Waals surface area contributed by atoms with Crippen LogP contribution in [0.25, 0.3) is 0 Å². The number of nitrogens with zero attached hydrogens (tertiary/aromatic N) is 1. The highest BCUT2D eigenvalue weighted by atomic mass is 32.2. The summed E-state index contributed by atoms with van der Waals surface area (Å²) >= 11 is 0. The van der Waals surface area contributed by atoms with E-state index < -0.39 is 15.9 Å². The number of anilines is 1. The van der Waals surface area contributed by atoms with Crippen molar-refractivity contribution in [1.29, 1.82) is 0 Å². The van der Waals surface area contributed by atoms with Gasteiger partial charge in [-0.25, -0.2) is 13.1 Å². The van der Waals surface area contributed by atoms with E-state index in [0.29, 0.717) is 0 Å². The summed E-state index contributed by atoms with van der Waals surface area (Å²) in [6, 6.07) is 12.5. The summed E-state index contributed by atoms with van der Waals surface area (Å²) in [6.45, 7) is 2.86. The minimum Gasteiger partial charge on any atom is -0.374 e. The van der Waals surface area contributed by atoms with Crippen molar-refractivity contribution in [2.45, 2.75) is 31.1 Å². The first-order valence-electron chi connectivity index (χ1n) is 8.30. The second-order valence-electron chi connectivity index (χ2n) is 6.51. The van der Waals surface area contributed by atoms with E-state index in [-0.39, 0.29) is 11.3 Å². The molecule has 25 heavy (non-hydrogen) atoms. The Labute approximate surface area is 148 Å². The van der Waals surface area contributed by atoms with Crippen LogP contribution in [0.1, 0.15) is 23.1 Å². The van der Waals surface area contributed by atoms with Gasteiger partial charge in [-0.3, -0.25) is 4.79 Å². The van der Waals surface area contributed by atoms with Gasteiger partial charge in [0.15, 0.2) is 0 Å². The lowest BCUT2D eigenvalue weighted by atomic mass is 10.0. The first kappa shape index (κ1) is 17.5. The van der Waals surface area contributed by atoms with Gasteiger partial charge in [-0.05, 0) is 43.0 Å². The second kappa shape index (κ2) is 6.88. The van der Waals surface area contributed by atoms with E-state index in [1.54, 1.807) is 12.1 Å². The van der Waals surface area contributed by atoms with Crippen LogP contribution in [0.4, 0.5) is 5.69 Å². The van der Waals surface area contributed by atoms with Crippen LogP contribution in [-0.4, -0.2) is 27.9 Å². The summed E-state index contributed by atoms with van der Waals surface area (Å²) in [5.41, 5.74) is 3.93. The van der Waals surface area contributed by atoms with E-state index in [4.69, 9.17) is 0 Å². The second-order valence-corrected chi connectivity index (χ2v) is 8.19. The fraction of sp³-hybridized carbons (Fsp3) is 0.316. The molecule has 5 nitrogen and oxygen atoms in total. The molecule has 0 unspecified atom stereocenters. The van der Waals surface area contributed by atoms with Gasteiger partial charge < -0.3 is 4.90 Å². The van der Waals surface area contributed by atoms with Gasteiger partial charge in [-0.1, -0.05) is 35.9 Å². The van der Waals surface area contributed by atoms with Crippen LogP contribution in [0.2, 0.25) is 0 Å². The highest BCUT2D eigenvalue weighted by Gasteiger charge is 2.21. The van der Waals surface area contributed by atoms with E-state index in [1.807, 2.05) is 49.2 Å². The van der Waals surface area contributed by atoms with Crippen LogP contribution in [0.15, 0.2) is 47.4 Å². The van der Waals surface area contributed by atoms with Crippen LogP contribution in [0, 0.1) is 6.92 Å². The molecular weight excluding hydrogens is 336 g/mol. The predicted molar refractivity (Wildman–Crippen MR) is 98.2 cm³/mol. The monoisotopic (exact) mass is 358 g/mol. The molecule has 0 saturated heterocycles. The zero-order valence-corrected chi connectivity index (χ0v) is 15.3. The van der Waals surface area contributed by atoms with E-state index in [1.165, 1.54) is 0 Å². The highest BCUT2D eigenvalue weighted by Crippen LogP contribution is 2.28. The van der Waals surface area contributed by atoms with Crippen molar-refractivity contribution in [2.24, 2.45) is 0 Å². The van der Waals surface area contributed by atoms with Gasteiger partial charge in [0, 0.05) is 19.3 Å². The van der Waals surface area contributed by atoms with Gasteiger partial charge in [0.2, 0.25) is 5.91 Å². The van der Waals surface area contributed by atoms with E-state index in [0.717, 1.165) is 41.8 Å². The lowest BCUT2D eigenvalue weighted by Crippen LogP contribution is -2.32.